The lowest BCUT2D eigenvalue weighted by Gasteiger charge is -2.22. The van der Waals surface area contributed by atoms with Crippen LogP contribution in [0, 0.1) is 0 Å². The maximum Gasteiger partial charge on any atom is 0.241 e. The summed E-state index contributed by atoms with van der Waals surface area (Å²) in [5, 5.41) is 2.81. The predicted molar refractivity (Wildman–Crippen MR) is 118 cm³/mol. The lowest BCUT2D eigenvalue weighted by Crippen LogP contribution is -2.40. The van der Waals surface area contributed by atoms with Gasteiger partial charge < -0.3 is 10.1 Å². The molecule has 30 heavy (non-hydrogen) atoms. The molecular weight excluding hydrogens is 402 g/mol. The molecule has 8 heteroatoms. The number of hydrogen-bond acceptors (Lipinski definition) is 5. The van der Waals surface area contributed by atoms with Gasteiger partial charge in [0.05, 0.1) is 19.1 Å². The molecule has 0 saturated carbocycles. The van der Waals surface area contributed by atoms with Gasteiger partial charge in [-0.05, 0) is 49.2 Å². The van der Waals surface area contributed by atoms with Crippen LogP contribution in [0.5, 0.6) is 5.75 Å². The lowest BCUT2D eigenvalue weighted by molar-refractivity contribution is -0.119. The number of likely N-dealkylation sites (tertiary alicyclic amines) is 1. The monoisotopic (exact) mass is 431 g/mol. The van der Waals surface area contributed by atoms with Crippen LogP contribution in [0.15, 0.2) is 48.5 Å². The van der Waals surface area contributed by atoms with E-state index in [0.717, 1.165) is 35.8 Å². The normalized spacial score (nSPS) is 14.5. The van der Waals surface area contributed by atoms with Crippen molar-refractivity contribution in [1.29, 1.82) is 0 Å². The first-order chi connectivity index (χ1) is 14.3. The van der Waals surface area contributed by atoms with Gasteiger partial charge in [0, 0.05) is 19.2 Å². The SMILES string of the molecule is COc1cccc(N(CC(=O)NCc2ccc(CN3CCCC3)cc2)S(C)(=O)=O)c1. The number of nitrogens with one attached hydrogen (secondary N) is 1. The van der Waals surface area contributed by atoms with Crippen LogP contribution >= 0.6 is 0 Å². The highest BCUT2D eigenvalue weighted by atomic mass is 32.2. The average Bonchev–Trinajstić information content (AvgIpc) is 3.24. The second-order valence-electron chi connectivity index (χ2n) is 7.55. The summed E-state index contributed by atoms with van der Waals surface area (Å²) >= 11 is 0. The Kier molecular flexibility index (Phi) is 7.33. The number of methoxy groups -OCH3 is 1. The van der Waals surface area contributed by atoms with E-state index < -0.39 is 10.0 Å². The summed E-state index contributed by atoms with van der Waals surface area (Å²) in [4.78, 5) is 14.9. The molecule has 1 aliphatic rings. The number of benzene rings is 2. The molecule has 1 saturated heterocycles. The van der Waals surface area contributed by atoms with Crippen LogP contribution in [-0.4, -0.2) is 52.2 Å². The number of nitrogens with zero attached hydrogens (tertiary/aromatic N) is 2. The van der Waals surface area contributed by atoms with Crippen LogP contribution in [0.4, 0.5) is 5.69 Å². The molecule has 1 fully saturated rings. The van der Waals surface area contributed by atoms with E-state index in [-0.39, 0.29) is 12.5 Å². The fraction of sp³-hybridized carbons (Fsp3) is 0.409. The zero-order valence-corrected chi connectivity index (χ0v) is 18.3. The number of rotatable bonds is 9. The average molecular weight is 432 g/mol. The van der Waals surface area contributed by atoms with E-state index in [0.29, 0.717) is 18.0 Å². The largest absolute Gasteiger partial charge is 0.497 e. The van der Waals surface area contributed by atoms with Gasteiger partial charge >= 0.3 is 0 Å². The number of anilines is 1. The van der Waals surface area contributed by atoms with Gasteiger partial charge in [0.15, 0.2) is 0 Å². The summed E-state index contributed by atoms with van der Waals surface area (Å²) < 4.78 is 30.7. The topological polar surface area (TPSA) is 79.0 Å². The van der Waals surface area contributed by atoms with Gasteiger partial charge in [0.2, 0.25) is 15.9 Å². The highest BCUT2D eigenvalue weighted by molar-refractivity contribution is 7.92. The zero-order valence-electron chi connectivity index (χ0n) is 17.5. The molecule has 0 spiro atoms. The summed E-state index contributed by atoms with van der Waals surface area (Å²) in [6.07, 6.45) is 3.62. The van der Waals surface area contributed by atoms with E-state index in [1.807, 2.05) is 12.1 Å². The summed E-state index contributed by atoms with van der Waals surface area (Å²) in [5.41, 5.74) is 2.62. The van der Waals surface area contributed by atoms with Crippen LogP contribution in [0.1, 0.15) is 24.0 Å². The Hall–Kier alpha value is -2.58. The van der Waals surface area contributed by atoms with Gasteiger partial charge in [-0.1, -0.05) is 30.3 Å². The number of ether oxygens (including phenoxy) is 1. The third kappa shape index (κ3) is 6.21. The lowest BCUT2D eigenvalue weighted by atomic mass is 10.1. The number of carbonyl (C=O) groups is 1. The van der Waals surface area contributed by atoms with Crippen molar-refractivity contribution in [1.82, 2.24) is 10.2 Å². The quantitative estimate of drug-likeness (QED) is 0.660. The van der Waals surface area contributed by atoms with Crippen LogP contribution in [0.3, 0.4) is 0 Å². The molecule has 0 atom stereocenters. The van der Waals surface area contributed by atoms with Crippen LogP contribution in [-0.2, 0) is 27.9 Å². The fourth-order valence-corrected chi connectivity index (χ4v) is 4.36. The molecule has 1 aliphatic heterocycles. The number of amides is 1. The van der Waals surface area contributed by atoms with E-state index >= 15 is 0 Å². The molecule has 1 amide bonds. The second kappa shape index (κ2) is 9.95. The van der Waals surface area contributed by atoms with Crippen LogP contribution in [0.25, 0.3) is 0 Å². The van der Waals surface area contributed by atoms with E-state index in [4.69, 9.17) is 4.74 Å². The zero-order chi connectivity index (χ0) is 21.6. The molecule has 0 radical (unpaired) electrons. The third-order valence-corrected chi connectivity index (χ3v) is 6.29. The molecular formula is C22H29N3O4S. The van der Waals surface area contributed by atoms with Gasteiger partial charge in [-0.2, -0.15) is 0 Å². The Morgan fingerprint density at radius 3 is 2.40 bits per heavy atom. The molecule has 1 N–H and O–H groups in total. The molecule has 0 aromatic heterocycles. The first-order valence-electron chi connectivity index (χ1n) is 10.0. The molecule has 2 aromatic carbocycles. The number of carbonyl (C=O) groups excluding carboxylic acids is 1. The van der Waals surface area contributed by atoms with Crippen LogP contribution < -0.4 is 14.4 Å². The maximum atomic E-state index is 12.4. The van der Waals surface area contributed by atoms with Gasteiger partial charge in [0.25, 0.3) is 0 Å². The van der Waals surface area contributed by atoms with Crippen molar-refractivity contribution in [2.24, 2.45) is 0 Å². The van der Waals surface area contributed by atoms with E-state index in [1.165, 1.54) is 25.5 Å². The number of sulfonamides is 1. The Morgan fingerprint density at radius 2 is 1.77 bits per heavy atom. The van der Waals surface area contributed by atoms with Crippen molar-refractivity contribution in [3.63, 3.8) is 0 Å². The van der Waals surface area contributed by atoms with Crippen molar-refractivity contribution < 1.29 is 17.9 Å². The fourth-order valence-electron chi connectivity index (χ4n) is 3.51. The smallest absolute Gasteiger partial charge is 0.241 e. The Labute approximate surface area is 178 Å². The van der Waals surface area contributed by atoms with Gasteiger partial charge in [-0.15, -0.1) is 0 Å². The van der Waals surface area contributed by atoms with E-state index in [1.54, 1.807) is 24.3 Å². The molecule has 0 aliphatic carbocycles. The summed E-state index contributed by atoms with van der Waals surface area (Å²) in [7, 11) is -2.12. The van der Waals surface area contributed by atoms with E-state index in [9.17, 15) is 13.2 Å². The summed E-state index contributed by atoms with van der Waals surface area (Å²) in [6.45, 7) is 3.32. The maximum absolute atomic E-state index is 12.4. The van der Waals surface area contributed by atoms with Crippen molar-refractivity contribution in [2.75, 3.05) is 37.3 Å². The van der Waals surface area contributed by atoms with Crippen molar-refractivity contribution in [3.05, 3.63) is 59.7 Å². The Balaban J connectivity index is 1.57. The molecule has 7 nitrogen and oxygen atoms in total. The third-order valence-electron chi connectivity index (χ3n) is 5.15. The molecule has 162 valence electrons. The van der Waals surface area contributed by atoms with Crippen LogP contribution in [0.2, 0.25) is 0 Å². The Bertz CT molecular complexity index is 955. The van der Waals surface area contributed by atoms with Crippen molar-refractivity contribution in [2.45, 2.75) is 25.9 Å². The Morgan fingerprint density at radius 1 is 1.10 bits per heavy atom. The molecule has 0 bridgehead atoms. The summed E-state index contributed by atoms with van der Waals surface area (Å²) in [5.74, 6) is 0.153. The van der Waals surface area contributed by atoms with Crippen molar-refractivity contribution in [3.8, 4) is 5.75 Å². The molecule has 0 unspecified atom stereocenters. The predicted octanol–water partition coefficient (Wildman–Crippen LogP) is 2.37. The minimum Gasteiger partial charge on any atom is -0.497 e. The van der Waals surface area contributed by atoms with Gasteiger partial charge in [-0.3, -0.25) is 14.0 Å². The van der Waals surface area contributed by atoms with Gasteiger partial charge in [-0.25, -0.2) is 8.42 Å². The second-order valence-corrected chi connectivity index (χ2v) is 9.45. The minimum atomic E-state index is -3.63. The highest BCUT2D eigenvalue weighted by Gasteiger charge is 2.21. The molecule has 1 heterocycles. The van der Waals surface area contributed by atoms with E-state index in [2.05, 4.69) is 22.3 Å². The summed E-state index contributed by atoms with van der Waals surface area (Å²) in [6, 6.07) is 14.8. The van der Waals surface area contributed by atoms with Crippen molar-refractivity contribution >= 4 is 21.6 Å². The van der Waals surface area contributed by atoms with Gasteiger partial charge in [0.1, 0.15) is 12.3 Å². The standard InChI is InChI=1S/C22H29N3O4S/c1-29-21-7-5-6-20(14-21)25(30(2,27)28)17-22(26)23-15-18-8-10-19(11-9-18)16-24-12-3-4-13-24/h5-11,14H,3-4,12-13,15-17H2,1-2H3,(H,23,26). The minimum absolute atomic E-state index is 0.293. The molecule has 2 aromatic rings. The first-order valence-corrected chi connectivity index (χ1v) is 11.9. The first kappa shape index (κ1) is 22.1. The molecule has 3 rings (SSSR count). The number of hydrogen-bond donors (Lipinski definition) is 1. The highest BCUT2D eigenvalue weighted by Crippen LogP contribution is 2.22.